The number of alkyl halides is 3. The van der Waals surface area contributed by atoms with E-state index in [4.69, 9.17) is 11.6 Å². The smallest absolute Gasteiger partial charge is 0.361 e. The van der Waals surface area contributed by atoms with Gasteiger partial charge in [-0.2, -0.15) is 13.2 Å². The van der Waals surface area contributed by atoms with Gasteiger partial charge < -0.3 is 15.5 Å². The van der Waals surface area contributed by atoms with Gasteiger partial charge in [0.15, 0.2) is 0 Å². The Morgan fingerprint density at radius 1 is 1.03 bits per heavy atom. The van der Waals surface area contributed by atoms with E-state index in [-0.39, 0.29) is 16.1 Å². The van der Waals surface area contributed by atoms with Gasteiger partial charge in [-0.05, 0) is 42.0 Å². The number of rotatable bonds is 4. The Hall–Kier alpha value is -3.52. The fourth-order valence-corrected chi connectivity index (χ4v) is 3.76. The van der Waals surface area contributed by atoms with E-state index < -0.39 is 30.7 Å². The van der Waals surface area contributed by atoms with Crippen molar-refractivity contribution in [2.24, 2.45) is 0 Å². The van der Waals surface area contributed by atoms with Crippen molar-refractivity contribution in [2.45, 2.75) is 12.3 Å². The lowest BCUT2D eigenvalue weighted by Crippen LogP contribution is -2.47. The molecule has 2 amide bonds. The van der Waals surface area contributed by atoms with Crippen molar-refractivity contribution >= 4 is 34.8 Å². The summed E-state index contributed by atoms with van der Waals surface area (Å²) in [4.78, 5) is 26.2. The largest absolute Gasteiger partial charge is 0.406 e. The number of nitrogens with zero attached hydrogens (tertiary/aromatic N) is 1. The molecule has 32 heavy (non-hydrogen) atoms. The first-order valence-electron chi connectivity index (χ1n) is 9.62. The molecule has 0 saturated carbocycles. The summed E-state index contributed by atoms with van der Waals surface area (Å²) >= 11 is 6.06. The number of para-hydroxylation sites is 1. The average molecular weight is 460 g/mol. The van der Waals surface area contributed by atoms with Crippen molar-refractivity contribution in [3.05, 3.63) is 94.5 Å². The fraction of sp³-hybridized carbons (Fsp3) is 0.130. The maximum Gasteiger partial charge on any atom is 0.406 e. The molecule has 1 aliphatic heterocycles. The van der Waals surface area contributed by atoms with Crippen LogP contribution in [0, 0.1) is 0 Å². The molecule has 0 aliphatic carbocycles. The van der Waals surface area contributed by atoms with E-state index in [2.05, 4.69) is 10.6 Å². The summed E-state index contributed by atoms with van der Waals surface area (Å²) in [5.41, 5.74) is 1.60. The molecule has 0 bridgehead atoms. The van der Waals surface area contributed by atoms with Crippen LogP contribution in [0.3, 0.4) is 0 Å². The Kier molecular flexibility index (Phi) is 5.80. The number of hydrogen-bond donors (Lipinski definition) is 2. The van der Waals surface area contributed by atoms with Crippen molar-refractivity contribution in [3.63, 3.8) is 0 Å². The van der Waals surface area contributed by atoms with E-state index in [1.807, 2.05) is 0 Å². The number of halogens is 4. The minimum absolute atomic E-state index is 0.163. The summed E-state index contributed by atoms with van der Waals surface area (Å²) in [5.74, 6) is -1.19. The molecule has 164 valence electrons. The number of carbonyl (C=O) groups is 2. The molecule has 0 spiro atoms. The highest BCUT2D eigenvalue weighted by Gasteiger charge is 2.40. The summed E-state index contributed by atoms with van der Waals surface area (Å²) in [5, 5.41) is 5.98. The Bertz CT molecular complexity index is 1180. The molecule has 3 aromatic carbocycles. The molecule has 0 aromatic heterocycles. The van der Waals surface area contributed by atoms with Crippen LogP contribution >= 0.6 is 11.6 Å². The molecule has 1 heterocycles. The number of amides is 2. The normalized spacial score (nSPS) is 15.7. The van der Waals surface area contributed by atoms with Crippen LogP contribution in [0.5, 0.6) is 0 Å². The van der Waals surface area contributed by atoms with Crippen LogP contribution in [-0.4, -0.2) is 29.4 Å². The molecular weight excluding hydrogens is 443 g/mol. The minimum atomic E-state index is -4.59. The van der Waals surface area contributed by atoms with Gasteiger partial charge in [0.2, 0.25) is 0 Å². The molecule has 4 rings (SSSR count). The first-order valence-corrected chi connectivity index (χ1v) is 10.00. The van der Waals surface area contributed by atoms with E-state index in [9.17, 15) is 22.8 Å². The molecule has 3 aromatic rings. The Balaban J connectivity index is 1.66. The van der Waals surface area contributed by atoms with Gasteiger partial charge in [0.1, 0.15) is 12.7 Å². The standard InChI is InChI=1S/C23H17ClF3N3O2/c24-18-10-3-1-8-16(18)21(31)28-15-7-5-6-14(12-15)20-29-19-11-4-2-9-17(19)22(32)30(20)13-23(25,26)27/h1-12,20,29H,13H2,(H,28,31)/t20-/m0/s1. The van der Waals surface area contributed by atoms with Gasteiger partial charge >= 0.3 is 6.18 Å². The highest BCUT2D eigenvalue weighted by molar-refractivity contribution is 6.34. The molecular formula is C23H17ClF3N3O2. The maximum absolute atomic E-state index is 13.3. The SMILES string of the molecule is O=C(Nc1cccc([C@H]2Nc3ccccc3C(=O)N2CC(F)(F)F)c1)c1ccccc1Cl. The van der Waals surface area contributed by atoms with E-state index in [1.165, 1.54) is 12.1 Å². The zero-order chi connectivity index (χ0) is 22.9. The van der Waals surface area contributed by atoms with Crippen molar-refractivity contribution < 1.29 is 22.8 Å². The molecule has 0 unspecified atom stereocenters. The van der Waals surface area contributed by atoms with E-state index in [0.717, 1.165) is 4.90 Å². The quantitative estimate of drug-likeness (QED) is 0.524. The second-order valence-electron chi connectivity index (χ2n) is 7.20. The van der Waals surface area contributed by atoms with Gasteiger partial charge in [-0.1, -0.05) is 48.0 Å². The molecule has 5 nitrogen and oxygen atoms in total. The molecule has 1 atom stereocenters. The lowest BCUT2D eigenvalue weighted by molar-refractivity contribution is -0.144. The topological polar surface area (TPSA) is 61.4 Å². The lowest BCUT2D eigenvalue weighted by atomic mass is 10.0. The van der Waals surface area contributed by atoms with E-state index in [0.29, 0.717) is 16.9 Å². The third kappa shape index (κ3) is 4.55. The Labute approximate surface area is 186 Å². The fourth-order valence-electron chi connectivity index (χ4n) is 3.54. The number of hydrogen-bond acceptors (Lipinski definition) is 3. The molecule has 2 N–H and O–H groups in total. The van der Waals surface area contributed by atoms with Crippen LogP contribution in [-0.2, 0) is 0 Å². The number of anilines is 2. The summed E-state index contributed by atoms with van der Waals surface area (Å²) in [6.45, 7) is -1.42. The molecule has 0 saturated heterocycles. The third-order valence-corrected chi connectivity index (χ3v) is 5.28. The maximum atomic E-state index is 13.3. The van der Waals surface area contributed by atoms with Gasteiger partial charge in [-0.15, -0.1) is 0 Å². The average Bonchev–Trinajstić information content (AvgIpc) is 2.75. The van der Waals surface area contributed by atoms with Crippen LogP contribution in [0.15, 0.2) is 72.8 Å². The van der Waals surface area contributed by atoms with Crippen molar-refractivity contribution in [1.29, 1.82) is 0 Å². The number of benzene rings is 3. The second kappa shape index (κ2) is 8.55. The number of fused-ring (bicyclic) bond motifs is 1. The summed E-state index contributed by atoms with van der Waals surface area (Å²) in [6.07, 6.45) is -5.66. The van der Waals surface area contributed by atoms with Gasteiger partial charge in [-0.3, -0.25) is 9.59 Å². The summed E-state index contributed by atoms with van der Waals surface area (Å²) < 4.78 is 39.8. The Morgan fingerprint density at radius 3 is 2.50 bits per heavy atom. The zero-order valence-corrected chi connectivity index (χ0v) is 17.2. The summed E-state index contributed by atoms with van der Waals surface area (Å²) in [6, 6.07) is 19.2. The lowest BCUT2D eigenvalue weighted by Gasteiger charge is -2.38. The van der Waals surface area contributed by atoms with Gasteiger partial charge in [0.05, 0.1) is 16.1 Å². The van der Waals surface area contributed by atoms with Gasteiger partial charge in [0, 0.05) is 11.4 Å². The number of carbonyl (C=O) groups excluding carboxylic acids is 2. The van der Waals surface area contributed by atoms with Crippen LogP contribution < -0.4 is 10.6 Å². The van der Waals surface area contributed by atoms with Gasteiger partial charge in [-0.25, -0.2) is 0 Å². The predicted octanol–water partition coefficient (Wildman–Crippen LogP) is 5.72. The highest BCUT2D eigenvalue weighted by atomic mass is 35.5. The summed E-state index contributed by atoms with van der Waals surface area (Å²) in [7, 11) is 0. The number of nitrogens with one attached hydrogen (secondary N) is 2. The first kappa shape index (κ1) is 21.7. The van der Waals surface area contributed by atoms with Crippen LogP contribution in [0.25, 0.3) is 0 Å². The zero-order valence-electron chi connectivity index (χ0n) is 16.5. The van der Waals surface area contributed by atoms with Crippen LogP contribution in [0.4, 0.5) is 24.5 Å². The molecule has 1 aliphatic rings. The van der Waals surface area contributed by atoms with Crippen LogP contribution in [0.2, 0.25) is 5.02 Å². The third-order valence-electron chi connectivity index (χ3n) is 4.95. The van der Waals surface area contributed by atoms with Crippen molar-refractivity contribution in [3.8, 4) is 0 Å². The molecule has 9 heteroatoms. The van der Waals surface area contributed by atoms with E-state index >= 15 is 0 Å². The predicted molar refractivity (Wildman–Crippen MR) is 116 cm³/mol. The van der Waals surface area contributed by atoms with E-state index in [1.54, 1.807) is 60.7 Å². The minimum Gasteiger partial charge on any atom is -0.361 e. The first-order chi connectivity index (χ1) is 15.2. The second-order valence-corrected chi connectivity index (χ2v) is 7.61. The van der Waals surface area contributed by atoms with Crippen molar-refractivity contribution in [1.82, 2.24) is 4.90 Å². The van der Waals surface area contributed by atoms with Crippen LogP contribution in [0.1, 0.15) is 32.4 Å². The highest BCUT2D eigenvalue weighted by Crippen LogP contribution is 2.35. The van der Waals surface area contributed by atoms with Gasteiger partial charge in [0.25, 0.3) is 11.8 Å². The Morgan fingerprint density at radius 2 is 1.75 bits per heavy atom. The molecule has 0 fully saturated rings. The monoisotopic (exact) mass is 459 g/mol. The van der Waals surface area contributed by atoms with Crippen molar-refractivity contribution in [2.75, 3.05) is 17.2 Å². The molecule has 0 radical (unpaired) electrons.